The van der Waals surface area contributed by atoms with E-state index in [-0.39, 0.29) is 11.9 Å². The van der Waals surface area contributed by atoms with Gasteiger partial charge in [0.2, 0.25) is 0 Å². The van der Waals surface area contributed by atoms with Gasteiger partial charge in [0.05, 0.1) is 0 Å². The van der Waals surface area contributed by atoms with Gasteiger partial charge in [-0.05, 0) is 61.7 Å². The minimum absolute atomic E-state index is 0.152. The van der Waals surface area contributed by atoms with Crippen molar-refractivity contribution in [1.29, 1.82) is 0 Å². The molecule has 1 saturated heterocycles. The quantitative estimate of drug-likeness (QED) is 0.547. The molecule has 0 radical (unpaired) electrons. The molecule has 2 aromatic carbocycles. The first kappa shape index (κ1) is 19.6. The highest BCUT2D eigenvalue weighted by atomic mass is 19.4. The average molecular weight is 405 g/mol. The first-order chi connectivity index (χ1) is 13.8. The number of rotatable bonds is 5. The number of fused-ring (bicyclic) bond motifs is 1. The first-order valence-corrected chi connectivity index (χ1v) is 9.58. The summed E-state index contributed by atoms with van der Waals surface area (Å²) in [4.78, 5) is 2.28. The van der Waals surface area contributed by atoms with Gasteiger partial charge in [-0.3, -0.25) is 4.90 Å². The van der Waals surface area contributed by atoms with E-state index >= 15 is 0 Å². The molecule has 0 amide bonds. The molecule has 1 aliphatic rings. The largest absolute Gasteiger partial charge is 0.573 e. The standard InChI is InChI=1S/C22H22F3NO3/c1-15-12-17-13-20(6-7-21(17)27-15)28-18-8-10-26(11-9-18)14-16-2-4-19(5-3-16)29-22(23,24)25/h2-7,12-13,18H,8-11,14H2,1H3. The summed E-state index contributed by atoms with van der Waals surface area (Å²) in [6, 6.07) is 13.9. The lowest BCUT2D eigenvalue weighted by atomic mass is 10.1. The number of alkyl halides is 3. The fraction of sp³-hybridized carbons (Fsp3) is 0.364. The molecule has 0 atom stereocenters. The molecule has 0 spiro atoms. The van der Waals surface area contributed by atoms with Crippen LogP contribution in [0.2, 0.25) is 0 Å². The van der Waals surface area contributed by atoms with E-state index < -0.39 is 6.36 Å². The highest BCUT2D eigenvalue weighted by molar-refractivity contribution is 5.79. The normalized spacial score (nSPS) is 16.3. The maximum atomic E-state index is 12.2. The molecule has 0 aliphatic carbocycles. The van der Waals surface area contributed by atoms with Crippen molar-refractivity contribution >= 4 is 11.0 Å². The van der Waals surface area contributed by atoms with Crippen LogP contribution in [0.5, 0.6) is 11.5 Å². The summed E-state index contributed by atoms with van der Waals surface area (Å²) in [7, 11) is 0. The molecule has 4 nitrogen and oxygen atoms in total. The Kier molecular flexibility index (Phi) is 5.41. The minimum atomic E-state index is -4.66. The second-order valence-corrected chi connectivity index (χ2v) is 7.34. The third kappa shape index (κ3) is 5.23. The van der Waals surface area contributed by atoms with Crippen molar-refractivity contribution in [3.05, 3.63) is 59.9 Å². The van der Waals surface area contributed by atoms with Crippen LogP contribution in [0.15, 0.2) is 52.9 Å². The van der Waals surface area contributed by atoms with Crippen molar-refractivity contribution in [2.45, 2.75) is 38.8 Å². The molecule has 7 heteroatoms. The van der Waals surface area contributed by atoms with Gasteiger partial charge in [0.15, 0.2) is 0 Å². The highest BCUT2D eigenvalue weighted by Gasteiger charge is 2.31. The Morgan fingerprint density at radius 2 is 1.69 bits per heavy atom. The molecule has 1 fully saturated rings. The molecule has 154 valence electrons. The van der Waals surface area contributed by atoms with Gasteiger partial charge in [0, 0.05) is 25.0 Å². The van der Waals surface area contributed by atoms with Crippen LogP contribution in [-0.4, -0.2) is 30.5 Å². The Hall–Kier alpha value is -2.67. The maximum absolute atomic E-state index is 12.2. The lowest BCUT2D eigenvalue weighted by Gasteiger charge is -2.32. The van der Waals surface area contributed by atoms with E-state index in [4.69, 9.17) is 9.15 Å². The number of hydrogen-bond donors (Lipinski definition) is 0. The van der Waals surface area contributed by atoms with Gasteiger partial charge in [0.1, 0.15) is 28.9 Å². The minimum Gasteiger partial charge on any atom is -0.490 e. The number of benzene rings is 2. The fourth-order valence-electron chi connectivity index (χ4n) is 3.66. The molecule has 4 rings (SSSR count). The van der Waals surface area contributed by atoms with Crippen molar-refractivity contribution < 1.29 is 27.1 Å². The number of furan rings is 1. The summed E-state index contributed by atoms with van der Waals surface area (Å²) in [5, 5.41) is 1.04. The van der Waals surface area contributed by atoms with Gasteiger partial charge in [-0.2, -0.15) is 0 Å². The summed E-state index contributed by atoms with van der Waals surface area (Å²) in [5.41, 5.74) is 1.82. The zero-order valence-electron chi connectivity index (χ0n) is 16.0. The number of likely N-dealkylation sites (tertiary alicyclic amines) is 1. The highest BCUT2D eigenvalue weighted by Crippen LogP contribution is 2.27. The Morgan fingerprint density at radius 3 is 2.38 bits per heavy atom. The lowest BCUT2D eigenvalue weighted by Crippen LogP contribution is -2.37. The Bertz CT molecular complexity index is 958. The summed E-state index contributed by atoms with van der Waals surface area (Å²) in [5.74, 6) is 1.53. The van der Waals surface area contributed by atoms with Crippen LogP contribution < -0.4 is 9.47 Å². The third-order valence-electron chi connectivity index (χ3n) is 5.01. The van der Waals surface area contributed by atoms with Gasteiger partial charge in [-0.1, -0.05) is 12.1 Å². The SMILES string of the molecule is Cc1cc2cc(OC3CCN(Cc4ccc(OC(F)(F)F)cc4)CC3)ccc2o1. The third-order valence-corrected chi connectivity index (χ3v) is 5.01. The van der Waals surface area contributed by atoms with E-state index in [1.54, 1.807) is 12.1 Å². The number of nitrogens with zero attached hydrogens (tertiary/aromatic N) is 1. The predicted octanol–water partition coefficient (Wildman–Crippen LogP) is 5.68. The summed E-state index contributed by atoms with van der Waals surface area (Å²) < 4.78 is 52.4. The van der Waals surface area contributed by atoms with Gasteiger partial charge in [-0.25, -0.2) is 0 Å². The molecule has 0 bridgehead atoms. The van der Waals surface area contributed by atoms with Crippen LogP contribution in [0.4, 0.5) is 13.2 Å². The summed E-state index contributed by atoms with van der Waals surface area (Å²) in [6.45, 7) is 4.36. The van der Waals surface area contributed by atoms with Crippen molar-refractivity contribution in [3.63, 3.8) is 0 Å². The molecule has 2 heterocycles. The first-order valence-electron chi connectivity index (χ1n) is 9.58. The monoisotopic (exact) mass is 405 g/mol. The summed E-state index contributed by atoms with van der Waals surface area (Å²) in [6.07, 6.45) is -2.71. The Labute approximate surface area is 166 Å². The molecule has 0 unspecified atom stereocenters. The van der Waals surface area contributed by atoms with E-state index in [1.807, 2.05) is 31.2 Å². The van der Waals surface area contributed by atoms with Crippen molar-refractivity contribution in [2.75, 3.05) is 13.1 Å². The number of hydrogen-bond acceptors (Lipinski definition) is 4. The van der Waals surface area contributed by atoms with Crippen LogP contribution in [0.1, 0.15) is 24.2 Å². The second kappa shape index (κ2) is 7.99. The predicted molar refractivity (Wildman–Crippen MR) is 103 cm³/mol. The van der Waals surface area contributed by atoms with Gasteiger partial charge < -0.3 is 13.9 Å². The topological polar surface area (TPSA) is 34.8 Å². The zero-order valence-corrected chi connectivity index (χ0v) is 16.0. The molecular formula is C22H22F3NO3. The molecule has 29 heavy (non-hydrogen) atoms. The van der Waals surface area contributed by atoms with Gasteiger partial charge >= 0.3 is 6.36 Å². The average Bonchev–Trinajstić information content (AvgIpc) is 3.03. The van der Waals surface area contributed by atoms with Gasteiger partial charge in [0.25, 0.3) is 0 Å². The summed E-state index contributed by atoms with van der Waals surface area (Å²) >= 11 is 0. The molecule has 0 N–H and O–H groups in total. The van der Waals surface area contributed by atoms with E-state index in [0.29, 0.717) is 6.54 Å². The van der Waals surface area contributed by atoms with Crippen LogP contribution in [0.25, 0.3) is 11.0 Å². The lowest BCUT2D eigenvalue weighted by molar-refractivity contribution is -0.274. The number of piperidine rings is 1. The number of aryl methyl sites for hydroxylation is 1. The second-order valence-electron chi connectivity index (χ2n) is 7.34. The zero-order chi connectivity index (χ0) is 20.4. The smallest absolute Gasteiger partial charge is 0.490 e. The van der Waals surface area contributed by atoms with Crippen LogP contribution in [0, 0.1) is 6.92 Å². The fourth-order valence-corrected chi connectivity index (χ4v) is 3.66. The molecule has 1 aliphatic heterocycles. The van der Waals surface area contributed by atoms with Crippen LogP contribution in [0.3, 0.4) is 0 Å². The van der Waals surface area contributed by atoms with E-state index in [2.05, 4.69) is 9.64 Å². The molecule has 0 saturated carbocycles. The van der Waals surface area contributed by atoms with E-state index in [0.717, 1.165) is 54.0 Å². The molecule has 1 aromatic heterocycles. The number of ether oxygens (including phenoxy) is 2. The van der Waals surface area contributed by atoms with Crippen LogP contribution >= 0.6 is 0 Å². The van der Waals surface area contributed by atoms with Crippen molar-refractivity contribution in [2.24, 2.45) is 0 Å². The van der Waals surface area contributed by atoms with E-state index in [1.165, 1.54) is 12.1 Å². The number of halogens is 3. The Morgan fingerprint density at radius 1 is 1.00 bits per heavy atom. The van der Waals surface area contributed by atoms with E-state index in [9.17, 15) is 13.2 Å². The van der Waals surface area contributed by atoms with Gasteiger partial charge in [-0.15, -0.1) is 13.2 Å². The molecule has 3 aromatic rings. The Balaban J connectivity index is 1.27. The molecular weight excluding hydrogens is 383 g/mol. The van der Waals surface area contributed by atoms with Crippen LogP contribution in [-0.2, 0) is 6.54 Å². The maximum Gasteiger partial charge on any atom is 0.573 e. The van der Waals surface area contributed by atoms with Crippen molar-refractivity contribution in [1.82, 2.24) is 4.90 Å². The van der Waals surface area contributed by atoms with Crippen molar-refractivity contribution in [3.8, 4) is 11.5 Å².